The Labute approximate surface area is 227 Å². The molecule has 3 aliphatic rings. The first-order chi connectivity index (χ1) is 18.5. The molecule has 1 atom stereocenters. The van der Waals surface area contributed by atoms with Gasteiger partial charge in [-0.05, 0) is 84.7 Å². The summed E-state index contributed by atoms with van der Waals surface area (Å²) in [4.78, 5) is 25.6. The number of fused-ring (bicyclic) bond motifs is 2. The molecule has 198 valence electrons. The van der Waals surface area contributed by atoms with Gasteiger partial charge >= 0.3 is 6.03 Å². The molecule has 8 heteroatoms. The summed E-state index contributed by atoms with van der Waals surface area (Å²) in [6.45, 7) is 3.07. The van der Waals surface area contributed by atoms with Crippen LogP contribution in [0.3, 0.4) is 0 Å². The Balaban J connectivity index is 1.26. The van der Waals surface area contributed by atoms with Crippen LogP contribution >= 0.6 is 0 Å². The fraction of sp³-hybridized carbons (Fsp3) is 0.433. The average Bonchev–Trinajstić information content (AvgIpc) is 3.63. The van der Waals surface area contributed by atoms with Gasteiger partial charge < -0.3 is 15.2 Å². The molecule has 38 heavy (non-hydrogen) atoms. The molecule has 0 saturated heterocycles. The van der Waals surface area contributed by atoms with E-state index < -0.39 is 11.2 Å². The van der Waals surface area contributed by atoms with Gasteiger partial charge in [0.1, 0.15) is 5.75 Å². The minimum absolute atomic E-state index is 0.0140. The van der Waals surface area contributed by atoms with Crippen molar-refractivity contribution in [1.82, 2.24) is 15.3 Å². The van der Waals surface area contributed by atoms with Crippen LogP contribution in [0.1, 0.15) is 68.2 Å². The van der Waals surface area contributed by atoms with Gasteiger partial charge in [-0.3, -0.25) is 4.90 Å². The smallest absolute Gasteiger partial charge is 0.322 e. The molecule has 2 aromatic carbocycles. The molecule has 0 radical (unpaired) electrons. The number of nitrogens with one attached hydrogen (secondary N) is 2. The van der Waals surface area contributed by atoms with Gasteiger partial charge in [-0.1, -0.05) is 31.0 Å². The monoisotopic (exact) mass is 529 g/mol. The highest BCUT2D eigenvalue weighted by Gasteiger charge is 2.46. The molecule has 1 unspecified atom stereocenters. The Bertz CT molecular complexity index is 1330. The van der Waals surface area contributed by atoms with Gasteiger partial charge in [-0.15, -0.1) is 0 Å². The van der Waals surface area contributed by atoms with Crippen LogP contribution in [-0.2, 0) is 23.1 Å². The minimum Gasteiger partial charge on any atom is -0.611 e. The molecule has 7 nitrogen and oxygen atoms in total. The van der Waals surface area contributed by atoms with E-state index in [2.05, 4.69) is 33.8 Å². The Morgan fingerprint density at radius 3 is 2.61 bits per heavy atom. The van der Waals surface area contributed by atoms with Crippen molar-refractivity contribution < 1.29 is 9.35 Å². The van der Waals surface area contributed by atoms with Crippen molar-refractivity contribution in [3.8, 4) is 11.1 Å². The summed E-state index contributed by atoms with van der Waals surface area (Å²) >= 11 is -0.968. The SMILES string of the molecule is CC[S+]([O-])c1ccc(CNC(=O)N2CC3(CCCC3)c3cc(-c4cnc(NC)nc4C4CC4)ccc32)cc1. The number of hydrogen-bond acceptors (Lipinski definition) is 5. The molecule has 1 spiro atoms. The maximum absolute atomic E-state index is 13.5. The highest BCUT2D eigenvalue weighted by molar-refractivity contribution is 7.91. The van der Waals surface area contributed by atoms with Crippen molar-refractivity contribution in [3.63, 3.8) is 0 Å². The van der Waals surface area contributed by atoms with Crippen molar-refractivity contribution in [1.29, 1.82) is 0 Å². The highest BCUT2D eigenvalue weighted by atomic mass is 32.2. The van der Waals surface area contributed by atoms with E-state index in [1.165, 1.54) is 31.2 Å². The largest absolute Gasteiger partial charge is 0.611 e. The summed E-state index contributed by atoms with van der Waals surface area (Å²) in [5.74, 6) is 1.77. The first-order valence-corrected chi connectivity index (χ1v) is 15.1. The second-order valence-electron chi connectivity index (χ2n) is 10.8. The van der Waals surface area contributed by atoms with Gasteiger partial charge in [-0.25, -0.2) is 14.8 Å². The predicted molar refractivity (Wildman–Crippen MR) is 152 cm³/mol. The van der Waals surface area contributed by atoms with E-state index >= 15 is 0 Å². The Kier molecular flexibility index (Phi) is 6.78. The molecule has 2 aliphatic carbocycles. The van der Waals surface area contributed by atoms with Crippen LogP contribution in [-0.4, -0.2) is 39.9 Å². The Hall–Kier alpha value is -3.10. The van der Waals surface area contributed by atoms with E-state index in [1.807, 2.05) is 49.3 Å². The zero-order valence-corrected chi connectivity index (χ0v) is 22.9. The summed E-state index contributed by atoms with van der Waals surface area (Å²) in [7, 11) is 1.86. The maximum Gasteiger partial charge on any atom is 0.322 e. The molecule has 0 bridgehead atoms. The number of urea groups is 1. The fourth-order valence-corrected chi connectivity index (χ4v) is 6.87. The average molecular weight is 530 g/mol. The summed E-state index contributed by atoms with van der Waals surface area (Å²) < 4.78 is 12.0. The van der Waals surface area contributed by atoms with Crippen molar-refractivity contribution >= 4 is 28.8 Å². The first-order valence-electron chi connectivity index (χ1n) is 13.7. The van der Waals surface area contributed by atoms with Gasteiger partial charge in [0.15, 0.2) is 4.90 Å². The predicted octanol–water partition coefficient (Wildman–Crippen LogP) is 5.73. The lowest BCUT2D eigenvalue weighted by atomic mass is 9.80. The maximum atomic E-state index is 13.5. The Morgan fingerprint density at radius 1 is 1.16 bits per heavy atom. The number of amides is 2. The van der Waals surface area contributed by atoms with E-state index in [-0.39, 0.29) is 11.4 Å². The lowest BCUT2D eigenvalue weighted by Gasteiger charge is -2.25. The van der Waals surface area contributed by atoms with Crippen molar-refractivity contribution in [2.24, 2.45) is 0 Å². The molecular formula is C30H35N5O2S. The van der Waals surface area contributed by atoms with Crippen LogP contribution in [0.2, 0.25) is 0 Å². The normalized spacial score (nSPS) is 18.4. The lowest BCUT2D eigenvalue weighted by molar-refractivity contribution is 0.245. The molecule has 1 aromatic heterocycles. The quantitative estimate of drug-likeness (QED) is 0.381. The number of benzene rings is 2. The van der Waals surface area contributed by atoms with E-state index in [1.54, 1.807) is 0 Å². The third kappa shape index (κ3) is 4.64. The number of hydrogen-bond donors (Lipinski definition) is 2. The highest BCUT2D eigenvalue weighted by Crippen LogP contribution is 2.52. The molecule has 2 saturated carbocycles. The molecule has 1 aliphatic heterocycles. The molecule has 2 N–H and O–H groups in total. The van der Waals surface area contributed by atoms with E-state index in [0.717, 1.165) is 52.4 Å². The molecule has 2 amide bonds. The number of rotatable bonds is 7. The fourth-order valence-electron chi connectivity index (χ4n) is 6.10. The second-order valence-corrected chi connectivity index (χ2v) is 12.5. The van der Waals surface area contributed by atoms with E-state index in [4.69, 9.17) is 4.98 Å². The van der Waals surface area contributed by atoms with Crippen LogP contribution in [0.5, 0.6) is 0 Å². The standard InChI is InChI=1S/C30H35N5O2S/c1-3-38(37)23-11-6-20(7-12-23)17-33-29(36)35-19-30(14-4-5-15-30)25-16-22(10-13-26(25)35)24-18-32-28(31-2)34-27(24)21-8-9-21/h6-7,10-13,16,18,21H,3-5,8-9,14-15,17,19H2,1-2H3,(H,33,36)(H,31,32,34). The molecular weight excluding hydrogens is 494 g/mol. The van der Waals surface area contributed by atoms with Gasteiger partial charge in [0.05, 0.1) is 5.69 Å². The van der Waals surface area contributed by atoms with Crippen LogP contribution in [0.15, 0.2) is 53.6 Å². The Morgan fingerprint density at radius 2 is 1.92 bits per heavy atom. The number of carbonyl (C=O) groups is 1. The summed E-state index contributed by atoms with van der Waals surface area (Å²) in [6.07, 6.45) is 8.90. The van der Waals surface area contributed by atoms with Gasteiger partial charge in [0.2, 0.25) is 5.95 Å². The van der Waals surface area contributed by atoms with Gasteiger partial charge in [-0.2, -0.15) is 0 Å². The third-order valence-electron chi connectivity index (χ3n) is 8.33. The summed E-state index contributed by atoms with van der Waals surface area (Å²) in [6, 6.07) is 14.2. The van der Waals surface area contributed by atoms with E-state index in [0.29, 0.717) is 24.2 Å². The van der Waals surface area contributed by atoms with Crippen molar-refractivity contribution in [2.45, 2.75) is 68.2 Å². The first kappa shape index (κ1) is 25.2. The number of carbonyl (C=O) groups excluding carboxylic acids is 1. The second kappa shape index (κ2) is 10.2. The molecule has 3 aromatic rings. The van der Waals surface area contributed by atoms with Crippen LogP contribution in [0.4, 0.5) is 16.4 Å². The van der Waals surface area contributed by atoms with Gasteiger partial charge in [0.25, 0.3) is 0 Å². The van der Waals surface area contributed by atoms with Crippen molar-refractivity contribution in [3.05, 3.63) is 65.5 Å². The zero-order valence-electron chi connectivity index (χ0n) is 22.1. The summed E-state index contributed by atoms with van der Waals surface area (Å²) in [5.41, 5.74) is 6.70. The van der Waals surface area contributed by atoms with Gasteiger partial charge in [0, 0.05) is 48.9 Å². The zero-order chi connectivity index (χ0) is 26.3. The van der Waals surface area contributed by atoms with Crippen molar-refractivity contribution in [2.75, 3.05) is 29.6 Å². The number of aromatic nitrogens is 2. The van der Waals surface area contributed by atoms with Crippen LogP contribution in [0, 0.1) is 0 Å². The molecule has 6 rings (SSSR count). The van der Waals surface area contributed by atoms with E-state index in [9.17, 15) is 9.35 Å². The summed E-state index contributed by atoms with van der Waals surface area (Å²) in [5, 5.41) is 6.20. The number of anilines is 2. The molecule has 2 heterocycles. The van der Waals surface area contributed by atoms with Crippen LogP contribution < -0.4 is 15.5 Å². The lowest BCUT2D eigenvalue weighted by Crippen LogP contribution is -2.41. The topological polar surface area (TPSA) is 93.2 Å². The van der Waals surface area contributed by atoms with Crippen LogP contribution in [0.25, 0.3) is 11.1 Å². The molecule has 2 fully saturated rings. The number of nitrogens with zero attached hydrogens (tertiary/aromatic N) is 3. The third-order valence-corrected chi connectivity index (χ3v) is 9.66. The minimum atomic E-state index is -0.968.